The van der Waals surface area contributed by atoms with Gasteiger partial charge in [0.25, 0.3) is 5.91 Å². The Morgan fingerprint density at radius 3 is 2.50 bits per heavy atom. The van der Waals surface area contributed by atoms with E-state index in [0.717, 1.165) is 5.56 Å². The average Bonchev–Trinajstić information content (AvgIpc) is 2.41. The van der Waals surface area contributed by atoms with Gasteiger partial charge in [0.2, 0.25) is 0 Å². The van der Waals surface area contributed by atoms with Crippen LogP contribution in [0, 0.1) is 19.7 Å². The van der Waals surface area contributed by atoms with Gasteiger partial charge in [-0.1, -0.05) is 24.3 Å². The summed E-state index contributed by atoms with van der Waals surface area (Å²) in [4.78, 5) is 12.1. The second-order valence-corrected chi connectivity index (χ2v) is 5.05. The first-order valence-corrected chi connectivity index (χ1v) is 6.61. The van der Waals surface area contributed by atoms with Crippen LogP contribution in [-0.2, 0) is 0 Å². The highest BCUT2D eigenvalue weighted by molar-refractivity contribution is 5.94. The number of carbonyl (C=O) groups is 1. The number of rotatable bonds is 3. The minimum absolute atomic E-state index is 0.120. The van der Waals surface area contributed by atoms with Crippen LogP contribution in [0.2, 0.25) is 0 Å². The molecule has 0 fully saturated rings. The van der Waals surface area contributed by atoms with E-state index >= 15 is 0 Å². The van der Waals surface area contributed by atoms with Crippen molar-refractivity contribution in [1.82, 2.24) is 5.32 Å². The highest BCUT2D eigenvalue weighted by atomic mass is 19.1. The fourth-order valence-electron chi connectivity index (χ4n) is 2.03. The van der Waals surface area contributed by atoms with Gasteiger partial charge in [-0.15, -0.1) is 0 Å². The van der Waals surface area contributed by atoms with Crippen molar-refractivity contribution < 1.29 is 9.18 Å². The molecule has 0 spiro atoms. The topological polar surface area (TPSA) is 29.1 Å². The number of hydrogen-bond acceptors (Lipinski definition) is 1. The van der Waals surface area contributed by atoms with Crippen molar-refractivity contribution in [3.63, 3.8) is 0 Å². The fraction of sp³-hybridized carbons (Fsp3) is 0.235. The van der Waals surface area contributed by atoms with Crippen LogP contribution in [0.3, 0.4) is 0 Å². The summed E-state index contributed by atoms with van der Waals surface area (Å²) in [6.45, 7) is 6.01. The molecule has 0 radical (unpaired) electrons. The Labute approximate surface area is 118 Å². The smallest absolute Gasteiger partial charge is 0.251 e. The molecule has 0 heterocycles. The van der Waals surface area contributed by atoms with Crippen LogP contribution < -0.4 is 5.32 Å². The van der Waals surface area contributed by atoms with Crippen molar-refractivity contribution >= 4 is 5.91 Å². The molecule has 2 aromatic rings. The van der Waals surface area contributed by atoms with Crippen molar-refractivity contribution in [2.24, 2.45) is 0 Å². The highest BCUT2D eigenvalue weighted by Gasteiger charge is 2.12. The van der Waals surface area contributed by atoms with Gasteiger partial charge in [-0.05, 0) is 55.7 Å². The molecule has 20 heavy (non-hydrogen) atoms. The summed E-state index contributed by atoms with van der Waals surface area (Å²) in [5, 5.41) is 2.88. The van der Waals surface area contributed by atoms with Gasteiger partial charge in [0.05, 0.1) is 6.04 Å². The molecule has 1 amide bonds. The first-order valence-electron chi connectivity index (χ1n) is 6.61. The van der Waals surface area contributed by atoms with E-state index < -0.39 is 5.82 Å². The first kappa shape index (κ1) is 14.3. The SMILES string of the molecule is Cc1ccc([C@@H](C)NC(=O)c2cccc(F)c2)cc1C. The van der Waals surface area contributed by atoms with Crippen LogP contribution >= 0.6 is 0 Å². The van der Waals surface area contributed by atoms with E-state index in [2.05, 4.69) is 18.3 Å². The zero-order valence-corrected chi connectivity index (χ0v) is 11.9. The van der Waals surface area contributed by atoms with E-state index in [9.17, 15) is 9.18 Å². The van der Waals surface area contributed by atoms with E-state index in [1.54, 1.807) is 6.07 Å². The zero-order valence-electron chi connectivity index (χ0n) is 11.9. The number of carbonyl (C=O) groups excluding carboxylic acids is 1. The molecular formula is C17H18FNO. The highest BCUT2D eigenvalue weighted by Crippen LogP contribution is 2.17. The summed E-state index contributed by atoms with van der Waals surface area (Å²) < 4.78 is 13.1. The second-order valence-electron chi connectivity index (χ2n) is 5.05. The molecule has 0 aliphatic carbocycles. The van der Waals surface area contributed by atoms with Crippen LogP contribution in [0.15, 0.2) is 42.5 Å². The Bertz CT molecular complexity index is 637. The number of amides is 1. The number of hydrogen-bond donors (Lipinski definition) is 1. The molecule has 0 aliphatic heterocycles. The Morgan fingerprint density at radius 2 is 1.85 bits per heavy atom. The Hall–Kier alpha value is -2.16. The van der Waals surface area contributed by atoms with Gasteiger partial charge < -0.3 is 5.32 Å². The number of aryl methyl sites for hydroxylation is 2. The standard InChI is InChI=1S/C17H18FNO/c1-11-7-8-14(9-12(11)2)13(3)19-17(20)15-5-4-6-16(18)10-15/h4-10,13H,1-3H3,(H,19,20)/t13-/m1/s1. The predicted octanol–water partition coefficient (Wildman–Crippen LogP) is 3.93. The number of benzene rings is 2. The predicted molar refractivity (Wildman–Crippen MR) is 78.2 cm³/mol. The third-order valence-corrected chi connectivity index (χ3v) is 3.47. The van der Waals surface area contributed by atoms with E-state index in [1.165, 1.54) is 29.3 Å². The van der Waals surface area contributed by atoms with E-state index in [4.69, 9.17) is 0 Å². The van der Waals surface area contributed by atoms with Crippen molar-refractivity contribution in [3.8, 4) is 0 Å². The maximum atomic E-state index is 13.1. The minimum Gasteiger partial charge on any atom is -0.346 e. The van der Waals surface area contributed by atoms with Crippen LogP contribution in [-0.4, -0.2) is 5.91 Å². The molecule has 1 N–H and O–H groups in total. The van der Waals surface area contributed by atoms with Gasteiger partial charge in [0.1, 0.15) is 5.82 Å². The quantitative estimate of drug-likeness (QED) is 0.900. The number of halogens is 1. The molecule has 0 unspecified atom stereocenters. The van der Waals surface area contributed by atoms with Crippen molar-refractivity contribution in [3.05, 3.63) is 70.5 Å². The summed E-state index contributed by atoms with van der Waals surface area (Å²) in [5.41, 5.74) is 3.78. The van der Waals surface area contributed by atoms with Gasteiger partial charge in [0.15, 0.2) is 0 Å². The van der Waals surface area contributed by atoms with Gasteiger partial charge in [-0.25, -0.2) is 4.39 Å². The fourth-order valence-corrected chi connectivity index (χ4v) is 2.03. The second kappa shape index (κ2) is 5.87. The van der Waals surface area contributed by atoms with Crippen molar-refractivity contribution in [2.45, 2.75) is 26.8 Å². The molecule has 0 aliphatic rings. The molecule has 0 aromatic heterocycles. The van der Waals surface area contributed by atoms with Gasteiger partial charge >= 0.3 is 0 Å². The monoisotopic (exact) mass is 271 g/mol. The summed E-state index contributed by atoms with van der Waals surface area (Å²) in [7, 11) is 0. The summed E-state index contributed by atoms with van der Waals surface area (Å²) >= 11 is 0. The van der Waals surface area contributed by atoms with Crippen molar-refractivity contribution in [1.29, 1.82) is 0 Å². The number of nitrogens with one attached hydrogen (secondary N) is 1. The van der Waals surface area contributed by atoms with E-state index in [0.29, 0.717) is 5.56 Å². The minimum atomic E-state index is -0.406. The molecule has 1 atom stereocenters. The molecule has 2 nitrogen and oxygen atoms in total. The largest absolute Gasteiger partial charge is 0.346 e. The van der Waals surface area contributed by atoms with Crippen LogP contribution in [0.25, 0.3) is 0 Å². The summed E-state index contributed by atoms with van der Waals surface area (Å²) in [6.07, 6.45) is 0. The Morgan fingerprint density at radius 1 is 1.10 bits per heavy atom. The molecule has 0 bridgehead atoms. The lowest BCUT2D eigenvalue weighted by atomic mass is 10.0. The molecule has 3 heteroatoms. The normalized spacial score (nSPS) is 12.0. The summed E-state index contributed by atoms with van der Waals surface area (Å²) in [5.74, 6) is -0.674. The van der Waals surface area contributed by atoms with Crippen molar-refractivity contribution in [2.75, 3.05) is 0 Å². The van der Waals surface area contributed by atoms with E-state index in [1.807, 2.05) is 26.0 Å². The maximum absolute atomic E-state index is 13.1. The zero-order chi connectivity index (χ0) is 14.7. The molecular weight excluding hydrogens is 253 g/mol. The molecule has 2 aromatic carbocycles. The lowest BCUT2D eigenvalue weighted by Gasteiger charge is -2.15. The lowest BCUT2D eigenvalue weighted by molar-refractivity contribution is 0.0939. The van der Waals surface area contributed by atoms with Gasteiger partial charge in [0, 0.05) is 5.56 Å². The van der Waals surface area contributed by atoms with Crippen LogP contribution in [0.4, 0.5) is 4.39 Å². The van der Waals surface area contributed by atoms with Crippen LogP contribution in [0.5, 0.6) is 0 Å². The molecule has 0 saturated heterocycles. The first-order chi connectivity index (χ1) is 9.47. The molecule has 104 valence electrons. The Balaban J connectivity index is 2.13. The van der Waals surface area contributed by atoms with Gasteiger partial charge in [-0.2, -0.15) is 0 Å². The van der Waals surface area contributed by atoms with E-state index in [-0.39, 0.29) is 11.9 Å². The van der Waals surface area contributed by atoms with Crippen LogP contribution in [0.1, 0.15) is 40.0 Å². The third-order valence-electron chi connectivity index (χ3n) is 3.47. The maximum Gasteiger partial charge on any atom is 0.251 e. The average molecular weight is 271 g/mol. The molecule has 2 rings (SSSR count). The third kappa shape index (κ3) is 3.23. The summed E-state index contributed by atoms with van der Waals surface area (Å²) in [6, 6.07) is 11.7. The van der Waals surface area contributed by atoms with Gasteiger partial charge in [-0.3, -0.25) is 4.79 Å². The molecule has 0 saturated carbocycles. The lowest BCUT2D eigenvalue weighted by Crippen LogP contribution is -2.26. The Kier molecular flexibility index (Phi) is 4.18.